The Balaban J connectivity index is 0.00000220. The lowest BCUT2D eigenvalue weighted by Crippen LogP contribution is -2.46. The summed E-state index contributed by atoms with van der Waals surface area (Å²) in [6, 6.07) is 1.31. The number of rotatable bonds is 4. The van der Waals surface area contributed by atoms with Crippen LogP contribution in [-0.2, 0) is 0 Å². The van der Waals surface area contributed by atoms with E-state index in [-0.39, 0.29) is 30.6 Å². The first-order valence-corrected chi connectivity index (χ1v) is 6.12. The Morgan fingerprint density at radius 3 is 2.36 bits per heavy atom. The van der Waals surface area contributed by atoms with E-state index in [2.05, 4.69) is 5.32 Å². The van der Waals surface area contributed by atoms with E-state index in [4.69, 9.17) is 4.42 Å². The predicted molar refractivity (Wildman–Crippen MR) is 77.7 cm³/mol. The zero-order chi connectivity index (χ0) is 14.8. The van der Waals surface area contributed by atoms with Gasteiger partial charge in [0.25, 0.3) is 0 Å². The van der Waals surface area contributed by atoms with Gasteiger partial charge in [-0.25, -0.2) is 0 Å². The minimum absolute atomic E-state index is 0. The van der Waals surface area contributed by atoms with Crippen LogP contribution >= 0.6 is 24.8 Å². The third kappa shape index (κ3) is 5.64. The average Bonchev–Trinajstić information content (AvgIpc) is 2.85. The highest BCUT2D eigenvalue weighted by molar-refractivity contribution is 5.85. The van der Waals surface area contributed by atoms with Crippen molar-refractivity contribution in [3.63, 3.8) is 0 Å². The Kier molecular flexibility index (Phi) is 8.16. The quantitative estimate of drug-likeness (QED) is 0.655. The fourth-order valence-electron chi connectivity index (χ4n) is 2.24. The number of furan rings is 1. The van der Waals surface area contributed by atoms with Gasteiger partial charge in [0.15, 0.2) is 0 Å². The van der Waals surface area contributed by atoms with Gasteiger partial charge < -0.3 is 9.73 Å². The summed E-state index contributed by atoms with van der Waals surface area (Å²) >= 11 is 0. The van der Waals surface area contributed by atoms with Crippen LogP contribution in [0.1, 0.15) is 18.2 Å². The Morgan fingerprint density at radius 2 is 1.91 bits per heavy atom. The molecule has 1 aromatic rings. The molecule has 0 aromatic carbocycles. The first-order valence-electron chi connectivity index (χ1n) is 6.12. The third-order valence-corrected chi connectivity index (χ3v) is 3.14. The molecule has 1 N–H and O–H groups in total. The molecule has 1 atom stereocenters. The molecule has 1 aliphatic rings. The van der Waals surface area contributed by atoms with Gasteiger partial charge in [-0.15, -0.1) is 24.8 Å². The standard InChI is InChI=1S/C11H14F3N3O3.2ClH/c12-11(13,14)7-8(16-5-3-15-4-6-16)9-1-2-10(20-9)17(18)19;;/h1-2,8,15H,3-7H2;2*1H/t8-;;/m1../s1. The van der Waals surface area contributed by atoms with E-state index in [1.807, 2.05) is 0 Å². The SMILES string of the molecule is Cl.Cl.O=[N+]([O-])c1ccc([C@@H](CC(F)(F)F)N2CCNCC2)o1. The Morgan fingerprint density at radius 1 is 1.32 bits per heavy atom. The molecule has 1 saturated heterocycles. The van der Waals surface area contributed by atoms with Crippen molar-refractivity contribution in [1.29, 1.82) is 0 Å². The molecular weight excluding hydrogens is 350 g/mol. The molecule has 0 spiro atoms. The molecule has 2 heterocycles. The van der Waals surface area contributed by atoms with Crippen molar-refractivity contribution in [3.8, 4) is 0 Å². The second kappa shape index (κ2) is 8.56. The van der Waals surface area contributed by atoms with Gasteiger partial charge in [-0.3, -0.25) is 15.0 Å². The maximum Gasteiger partial charge on any atom is 0.433 e. The monoisotopic (exact) mass is 365 g/mol. The van der Waals surface area contributed by atoms with Crippen molar-refractivity contribution < 1.29 is 22.5 Å². The summed E-state index contributed by atoms with van der Waals surface area (Å²) in [5, 5.41) is 13.6. The molecule has 128 valence electrons. The Labute approximate surface area is 137 Å². The molecule has 0 amide bonds. The number of hydrogen-bond donors (Lipinski definition) is 1. The number of hydrogen-bond acceptors (Lipinski definition) is 5. The number of nitrogens with zero attached hydrogens (tertiary/aromatic N) is 2. The second-order valence-corrected chi connectivity index (χ2v) is 4.55. The molecule has 0 saturated carbocycles. The van der Waals surface area contributed by atoms with Crippen molar-refractivity contribution in [2.75, 3.05) is 26.2 Å². The summed E-state index contributed by atoms with van der Waals surface area (Å²) in [5.74, 6) is -0.557. The van der Waals surface area contributed by atoms with E-state index in [0.717, 1.165) is 6.07 Å². The molecule has 1 aromatic heterocycles. The van der Waals surface area contributed by atoms with Gasteiger partial charge in [0.2, 0.25) is 0 Å². The van der Waals surface area contributed by atoms with Crippen molar-refractivity contribution in [1.82, 2.24) is 10.2 Å². The van der Waals surface area contributed by atoms with E-state index in [0.29, 0.717) is 26.2 Å². The maximum absolute atomic E-state index is 12.7. The minimum Gasteiger partial charge on any atom is -0.404 e. The second-order valence-electron chi connectivity index (χ2n) is 4.55. The molecule has 0 radical (unpaired) electrons. The fourth-order valence-corrected chi connectivity index (χ4v) is 2.24. The van der Waals surface area contributed by atoms with Crippen LogP contribution in [0.15, 0.2) is 16.5 Å². The average molecular weight is 366 g/mol. The normalized spacial score (nSPS) is 17.2. The molecule has 11 heteroatoms. The summed E-state index contributed by atoms with van der Waals surface area (Å²) < 4.78 is 43.0. The highest BCUT2D eigenvalue weighted by Crippen LogP contribution is 2.35. The van der Waals surface area contributed by atoms with Crippen molar-refractivity contribution >= 4 is 30.7 Å². The molecule has 1 aliphatic heterocycles. The van der Waals surface area contributed by atoms with Crippen LogP contribution in [0.2, 0.25) is 0 Å². The topological polar surface area (TPSA) is 71.6 Å². The lowest BCUT2D eigenvalue weighted by atomic mass is 10.1. The van der Waals surface area contributed by atoms with Gasteiger partial charge in [0.05, 0.1) is 18.5 Å². The van der Waals surface area contributed by atoms with Crippen LogP contribution in [0, 0.1) is 10.1 Å². The summed E-state index contributed by atoms with van der Waals surface area (Å²) in [6.07, 6.45) is -5.45. The minimum atomic E-state index is -4.36. The number of piperazine rings is 1. The summed E-state index contributed by atoms with van der Waals surface area (Å²) in [5.41, 5.74) is 0. The zero-order valence-electron chi connectivity index (χ0n) is 11.3. The highest BCUT2D eigenvalue weighted by atomic mass is 35.5. The zero-order valence-corrected chi connectivity index (χ0v) is 13.0. The summed E-state index contributed by atoms with van der Waals surface area (Å²) in [7, 11) is 0. The first kappa shape index (κ1) is 21.0. The molecule has 6 nitrogen and oxygen atoms in total. The predicted octanol–water partition coefficient (Wildman–Crippen LogP) is 2.93. The van der Waals surface area contributed by atoms with E-state index >= 15 is 0 Å². The van der Waals surface area contributed by atoms with Crippen molar-refractivity contribution in [2.24, 2.45) is 0 Å². The van der Waals surface area contributed by atoms with Gasteiger partial charge in [-0.05, 0) is 6.07 Å². The van der Waals surface area contributed by atoms with E-state index < -0.39 is 29.4 Å². The van der Waals surface area contributed by atoms with Gasteiger partial charge >= 0.3 is 12.1 Å². The van der Waals surface area contributed by atoms with Crippen LogP contribution in [0.5, 0.6) is 0 Å². The molecule has 22 heavy (non-hydrogen) atoms. The molecule has 0 bridgehead atoms. The molecule has 0 unspecified atom stereocenters. The first-order chi connectivity index (χ1) is 9.37. The largest absolute Gasteiger partial charge is 0.433 e. The van der Waals surface area contributed by atoms with Crippen molar-refractivity contribution in [2.45, 2.75) is 18.6 Å². The fraction of sp³-hybridized carbons (Fsp3) is 0.636. The molecule has 2 rings (SSSR count). The summed E-state index contributed by atoms with van der Waals surface area (Å²) in [6.45, 7) is 2.04. The van der Waals surface area contributed by atoms with Gasteiger partial charge in [-0.2, -0.15) is 13.2 Å². The van der Waals surface area contributed by atoms with Crippen LogP contribution in [0.4, 0.5) is 19.1 Å². The van der Waals surface area contributed by atoms with E-state index in [1.54, 1.807) is 4.90 Å². The number of alkyl halides is 3. The van der Waals surface area contributed by atoms with E-state index in [9.17, 15) is 23.3 Å². The van der Waals surface area contributed by atoms with Crippen molar-refractivity contribution in [3.05, 3.63) is 28.0 Å². The van der Waals surface area contributed by atoms with Gasteiger partial charge in [-0.1, -0.05) is 0 Å². The number of nitro groups is 1. The van der Waals surface area contributed by atoms with Gasteiger partial charge in [0, 0.05) is 26.2 Å². The third-order valence-electron chi connectivity index (χ3n) is 3.14. The molecule has 1 fully saturated rings. The summed E-state index contributed by atoms with van der Waals surface area (Å²) in [4.78, 5) is 11.4. The number of halogens is 5. The maximum atomic E-state index is 12.7. The van der Waals surface area contributed by atoms with Crippen LogP contribution < -0.4 is 5.32 Å². The van der Waals surface area contributed by atoms with E-state index in [1.165, 1.54) is 6.07 Å². The highest BCUT2D eigenvalue weighted by Gasteiger charge is 2.38. The number of nitrogens with one attached hydrogen (secondary N) is 1. The van der Waals surface area contributed by atoms with Crippen LogP contribution in [0.3, 0.4) is 0 Å². The lowest BCUT2D eigenvalue weighted by Gasteiger charge is -2.34. The lowest BCUT2D eigenvalue weighted by molar-refractivity contribution is -0.402. The molecule has 0 aliphatic carbocycles. The van der Waals surface area contributed by atoms with Crippen LogP contribution in [0.25, 0.3) is 0 Å². The van der Waals surface area contributed by atoms with Crippen LogP contribution in [-0.4, -0.2) is 42.2 Å². The molecular formula is C11H16Cl2F3N3O3. The Hall–Kier alpha value is -1.03. The van der Waals surface area contributed by atoms with Gasteiger partial charge in [0.1, 0.15) is 10.7 Å². The smallest absolute Gasteiger partial charge is 0.404 e. The Bertz CT molecular complexity index is 479.